The minimum Gasteiger partial charge on any atom is -0.481 e. The van der Waals surface area contributed by atoms with Crippen LogP contribution < -0.4 is 5.32 Å². The molecule has 0 bridgehead atoms. The van der Waals surface area contributed by atoms with Crippen molar-refractivity contribution in [1.29, 1.82) is 0 Å². The number of hydrogen-bond acceptors (Lipinski definition) is 3. The van der Waals surface area contributed by atoms with Crippen LogP contribution in [0, 0.1) is 11.8 Å². The van der Waals surface area contributed by atoms with Crippen molar-refractivity contribution >= 4 is 17.8 Å². The lowest BCUT2D eigenvalue weighted by molar-refractivity contribution is -0.146. The number of amides is 2. The molecule has 0 radical (unpaired) electrons. The molecule has 0 heterocycles. The van der Waals surface area contributed by atoms with Crippen LogP contribution in [0.1, 0.15) is 25.7 Å². The first-order valence-electron chi connectivity index (χ1n) is 6.14. The van der Waals surface area contributed by atoms with Gasteiger partial charge >= 0.3 is 5.97 Å². The summed E-state index contributed by atoms with van der Waals surface area (Å²) in [5.74, 6) is -2.23. The standard InChI is InChI=1S/C12H20N2O4/c1-14(2)10(15)6-7-13-11(16)8-4-3-5-9(8)12(17)18/h8-9H,3-7H2,1-2H3,(H,13,16)(H,17,18)/t8-,9+/m1/s1. The first-order valence-corrected chi connectivity index (χ1v) is 6.14. The lowest BCUT2D eigenvalue weighted by Gasteiger charge is -2.16. The Morgan fingerprint density at radius 2 is 1.83 bits per heavy atom. The number of rotatable bonds is 5. The van der Waals surface area contributed by atoms with Gasteiger partial charge in [-0.05, 0) is 12.8 Å². The lowest BCUT2D eigenvalue weighted by atomic mass is 9.95. The predicted molar refractivity (Wildman–Crippen MR) is 64.8 cm³/mol. The smallest absolute Gasteiger partial charge is 0.307 e. The number of aliphatic carboxylic acids is 1. The monoisotopic (exact) mass is 256 g/mol. The van der Waals surface area contributed by atoms with Gasteiger partial charge in [-0.25, -0.2) is 0 Å². The summed E-state index contributed by atoms with van der Waals surface area (Å²) in [6.07, 6.45) is 2.18. The lowest BCUT2D eigenvalue weighted by Crippen LogP contribution is -2.37. The SMILES string of the molecule is CN(C)C(=O)CCNC(=O)[C@@H]1CCC[C@@H]1C(=O)O. The molecule has 0 spiro atoms. The normalized spacial score (nSPS) is 22.6. The summed E-state index contributed by atoms with van der Waals surface area (Å²) in [4.78, 5) is 35.5. The molecule has 0 aromatic heterocycles. The second kappa shape index (κ2) is 6.37. The molecule has 2 amide bonds. The Morgan fingerprint density at radius 1 is 1.22 bits per heavy atom. The minimum atomic E-state index is -0.906. The van der Waals surface area contributed by atoms with Gasteiger partial charge in [0.2, 0.25) is 11.8 Å². The Kier molecular flexibility index (Phi) is 5.12. The molecule has 2 atom stereocenters. The Bertz CT molecular complexity index is 341. The zero-order valence-electron chi connectivity index (χ0n) is 10.8. The largest absolute Gasteiger partial charge is 0.481 e. The van der Waals surface area contributed by atoms with Crippen LogP contribution in [0.25, 0.3) is 0 Å². The summed E-state index contributed by atoms with van der Waals surface area (Å²) in [5, 5.41) is 11.6. The van der Waals surface area contributed by atoms with Crippen LogP contribution in [-0.4, -0.2) is 48.4 Å². The zero-order chi connectivity index (χ0) is 13.7. The fraction of sp³-hybridized carbons (Fsp3) is 0.750. The van der Waals surface area contributed by atoms with Crippen molar-refractivity contribution < 1.29 is 19.5 Å². The predicted octanol–water partition coefficient (Wildman–Crippen LogP) is 0.0818. The summed E-state index contributed by atoms with van der Waals surface area (Å²) in [7, 11) is 3.31. The van der Waals surface area contributed by atoms with Crippen LogP contribution in [-0.2, 0) is 14.4 Å². The average molecular weight is 256 g/mol. The fourth-order valence-corrected chi connectivity index (χ4v) is 2.22. The molecular weight excluding hydrogens is 236 g/mol. The first-order chi connectivity index (χ1) is 8.43. The quantitative estimate of drug-likeness (QED) is 0.729. The van der Waals surface area contributed by atoms with Crippen LogP contribution in [0.5, 0.6) is 0 Å². The molecule has 102 valence electrons. The van der Waals surface area contributed by atoms with Crippen molar-refractivity contribution in [2.75, 3.05) is 20.6 Å². The van der Waals surface area contributed by atoms with E-state index in [2.05, 4.69) is 5.32 Å². The van der Waals surface area contributed by atoms with Crippen LogP contribution in [0.2, 0.25) is 0 Å². The van der Waals surface area contributed by atoms with Crippen molar-refractivity contribution in [2.24, 2.45) is 11.8 Å². The van der Waals surface area contributed by atoms with Crippen LogP contribution >= 0.6 is 0 Å². The van der Waals surface area contributed by atoms with Gasteiger partial charge < -0.3 is 15.3 Å². The number of nitrogens with zero attached hydrogens (tertiary/aromatic N) is 1. The van der Waals surface area contributed by atoms with Gasteiger partial charge in [0.05, 0.1) is 11.8 Å². The van der Waals surface area contributed by atoms with Crippen molar-refractivity contribution in [2.45, 2.75) is 25.7 Å². The molecule has 1 rings (SSSR count). The molecule has 2 N–H and O–H groups in total. The van der Waals surface area contributed by atoms with Crippen molar-refractivity contribution in [3.8, 4) is 0 Å². The third kappa shape index (κ3) is 3.72. The highest BCUT2D eigenvalue weighted by molar-refractivity contribution is 5.85. The van der Waals surface area contributed by atoms with E-state index in [4.69, 9.17) is 5.11 Å². The maximum atomic E-state index is 11.8. The summed E-state index contributed by atoms with van der Waals surface area (Å²) >= 11 is 0. The maximum Gasteiger partial charge on any atom is 0.307 e. The molecule has 0 aliphatic heterocycles. The molecule has 18 heavy (non-hydrogen) atoms. The molecular formula is C12H20N2O4. The van der Waals surface area contributed by atoms with Gasteiger partial charge in [0.25, 0.3) is 0 Å². The molecule has 1 fully saturated rings. The van der Waals surface area contributed by atoms with Gasteiger partial charge in [-0.3, -0.25) is 14.4 Å². The number of carbonyl (C=O) groups excluding carboxylic acids is 2. The van der Waals surface area contributed by atoms with E-state index < -0.39 is 17.8 Å². The summed E-state index contributed by atoms with van der Waals surface area (Å²) < 4.78 is 0. The van der Waals surface area contributed by atoms with Gasteiger partial charge in [-0.1, -0.05) is 6.42 Å². The average Bonchev–Trinajstić information content (AvgIpc) is 2.77. The van der Waals surface area contributed by atoms with Crippen molar-refractivity contribution in [3.63, 3.8) is 0 Å². The van der Waals surface area contributed by atoms with E-state index >= 15 is 0 Å². The Morgan fingerprint density at radius 3 is 2.39 bits per heavy atom. The first kappa shape index (κ1) is 14.5. The van der Waals surface area contributed by atoms with Crippen LogP contribution in [0.4, 0.5) is 0 Å². The topological polar surface area (TPSA) is 86.7 Å². The van der Waals surface area contributed by atoms with E-state index in [-0.39, 0.29) is 24.8 Å². The Balaban J connectivity index is 2.37. The van der Waals surface area contributed by atoms with Gasteiger partial charge in [0, 0.05) is 27.1 Å². The minimum absolute atomic E-state index is 0.0588. The van der Waals surface area contributed by atoms with Gasteiger partial charge in [0.15, 0.2) is 0 Å². The van der Waals surface area contributed by atoms with Gasteiger partial charge in [-0.15, -0.1) is 0 Å². The van der Waals surface area contributed by atoms with E-state index in [1.54, 1.807) is 14.1 Å². The maximum absolute atomic E-state index is 11.8. The highest BCUT2D eigenvalue weighted by Crippen LogP contribution is 2.31. The van der Waals surface area contributed by atoms with Crippen molar-refractivity contribution in [1.82, 2.24) is 10.2 Å². The molecule has 0 saturated heterocycles. The molecule has 6 nitrogen and oxygen atoms in total. The van der Waals surface area contributed by atoms with Crippen LogP contribution in [0.3, 0.4) is 0 Å². The number of nitrogens with one attached hydrogen (secondary N) is 1. The molecule has 0 aromatic carbocycles. The summed E-state index contributed by atoms with van der Waals surface area (Å²) in [6.45, 7) is 0.263. The fourth-order valence-electron chi connectivity index (χ4n) is 2.22. The Hall–Kier alpha value is -1.59. The number of carbonyl (C=O) groups is 3. The molecule has 0 aromatic rings. The molecule has 1 aliphatic carbocycles. The molecule has 0 unspecified atom stereocenters. The van der Waals surface area contributed by atoms with Gasteiger partial charge in [0.1, 0.15) is 0 Å². The number of carboxylic acids is 1. The second-order valence-electron chi connectivity index (χ2n) is 4.81. The summed E-state index contributed by atoms with van der Waals surface area (Å²) in [6, 6.07) is 0. The van der Waals surface area contributed by atoms with E-state index in [0.717, 1.165) is 6.42 Å². The number of hydrogen-bond donors (Lipinski definition) is 2. The van der Waals surface area contributed by atoms with Gasteiger partial charge in [-0.2, -0.15) is 0 Å². The molecule has 6 heteroatoms. The van der Waals surface area contributed by atoms with E-state index in [1.165, 1.54) is 4.90 Å². The summed E-state index contributed by atoms with van der Waals surface area (Å²) in [5.41, 5.74) is 0. The Labute approximate surface area is 106 Å². The number of carboxylic acid groups (broad SMARTS) is 1. The third-order valence-corrected chi connectivity index (χ3v) is 3.31. The second-order valence-corrected chi connectivity index (χ2v) is 4.81. The van der Waals surface area contributed by atoms with E-state index in [1.807, 2.05) is 0 Å². The van der Waals surface area contributed by atoms with E-state index in [9.17, 15) is 14.4 Å². The third-order valence-electron chi connectivity index (χ3n) is 3.31. The molecule has 1 aliphatic rings. The molecule has 1 saturated carbocycles. The van der Waals surface area contributed by atoms with E-state index in [0.29, 0.717) is 12.8 Å². The highest BCUT2D eigenvalue weighted by Gasteiger charge is 2.37. The highest BCUT2D eigenvalue weighted by atomic mass is 16.4. The van der Waals surface area contributed by atoms with Crippen LogP contribution in [0.15, 0.2) is 0 Å². The zero-order valence-corrected chi connectivity index (χ0v) is 10.8. The van der Waals surface area contributed by atoms with Crippen molar-refractivity contribution in [3.05, 3.63) is 0 Å².